The highest BCUT2D eigenvalue weighted by Gasteiger charge is 2.28. The number of ether oxygens (including phenoxy) is 1. The molecule has 1 saturated heterocycles. The van der Waals surface area contributed by atoms with E-state index in [4.69, 9.17) is 9.26 Å². The molecule has 3 aromatic rings. The predicted octanol–water partition coefficient (Wildman–Crippen LogP) is 3.18. The van der Waals surface area contributed by atoms with Gasteiger partial charge in [-0.15, -0.1) is 11.3 Å². The van der Waals surface area contributed by atoms with Crippen molar-refractivity contribution in [2.45, 2.75) is 37.1 Å². The van der Waals surface area contributed by atoms with Gasteiger partial charge in [-0.05, 0) is 54.5 Å². The molecule has 2 aromatic heterocycles. The molecule has 1 aliphatic rings. The van der Waals surface area contributed by atoms with Gasteiger partial charge in [0.25, 0.3) is 0 Å². The van der Waals surface area contributed by atoms with Gasteiger partial charge in [0.15, 0.2) is 0 Å². The molecule has 1 amide bonds. The second-order valence-electron chi connectivity index (χ2n) is 7.82. The van der Waals surface area contributed by atoms with Crippen LogP contribution in [0.15, 0.2) is 45.1 Å². The minimum Gasteiger partial charge on any atom is -0.496 e. The van der Waals surface area contributed by atoms with Crippen LogP contribution in [-0.4, -0.2) is 60.9 Å². The average molecular weight is 491 g/mol. The summed E-state index contributed by atoms with van der Waals surface area (Å²) in [5.74, 6) is 1.29. The lowest BCUT2D eigenvalue weighted by atomic mass is 10.1. The molecule has 0 saturated carbocycles. The first-order valence-corrected chi connectivity index (χ1v) is 13.0. The van der Waals surface area contributed by atoms with Gasteiger partial charge in [-0.2, -0.15) is 9.29 Å². The minimum atomic E-state index is -3.54. The molecule has 1 aromatic carbocycles. The quantitative estimate of drug-likeness (QED) is 0.453. The van der Waals surface area contributed by atoms with E-state index in [1.165, 1.54) is 27.7 Å². The number of hydrogen-bond donors (Lipinski definition) is 0. The van der Waals surface area contributed by atoms with Crippen LogP contribution in [0.25, 0.3) is 10.7 Å². The first-order valence-electron chi connectivity index (χ1n) is 10.7. The fourth-order valence-corrected chi connectivity index (χ4v) is 5.95. The van der Waals surface area contributed by atoms with Crippen LogP contribution < -0.4 is 4.74 Å². The number of aromatic nitrogens is 2. The lowest BCUT2D eigenvalue weighted by Crippen LogP contribution is -2.28. The Morgan fingerprint density at radius 1 is 1.27 bits per heavy atom. The molecule has 1 fully saturated rings. The molecule has 0 radical (unpaired) electrons. The van der Waals surface area contributed by atoms with Crippen LogP contribution in [0, 0.1) is 0 Å². The topological polar surface area (TPSA) is 106 Å². The van der Waals surface area contributed by atoms with E-state index in [2.05, 4.69) is 10.1 Å². The van der Waals surface area contributed by atoms with Crippen LogP contribution in [0.3, 0.4) is 0 Å². The fourth-order valence-electron chi connectivity index (χ4n) is 3.74. The molecule has 0 atom stereocenters. The summed E-state index contributed by atoms with van der Waals surface area (Å²) < 4.78 is 38.0. The van der Waals surface area contributed by atoms with E-state index in [-0.39, 0.29) is 23.8 Å². The smallest absolute Gasteiger partial charge is 0.246 e. The van der Waals surface area contributed by atoms with E-state index >= 15 is 0 Å². The number of methoxy groups -OCH3 is 1. The summed E-state index contributed by atoms with van der Waals surface area (Å²) in [6.45, 7) is 1.27. The van der Waals surface area contributed by atoms with E-state index in [1.54, 1.807) is 25.2 Å². The third-order valence-electron chi connectivity index (χ3n) is 5.57. The van der Waals surface area contributed by atoms with Crippen molar-refractivity contribution in [1.29, 1.82) is 0 Å². The van der Waals surface area contributed by atoms with E-state index in [0.717, 1.165) is 17.7 Å². The summed E-state index contributed by atoms with van der Waals surface area (Å²) in [5, 5.41) is 5.89. The Hall–Kier alpha value is -2.76. The number of thiophene rings is 1. The molecule has 0 spiro atoms. The molecule has 0 aliphatic carbocycles. The summed E-state index contributed by atoms with van der Waals surface area (Å²) in [6, 6.07) is 8.64. The number of sulfonamides is 1. The maximum atomic E-state index is 12.9. The van der Waals surface area contributed by atoms with Crippen molar-refractivity contribution in [2.24, 2.45) is 0 Å². The lowest BCUT2D eigenvalue weighted by Gasteiger charge is -2.18. The molecule has 0 N–H and O–H groups in total. The SMILES string of the molecule is COc1ccc(S(=O)(=O)N2CCCC2)cc1CCC(=O)N(C)Cc1nc(-c2cccs2)no1. The Bertz CT molecular complexity index is 1200. The molecule has 33 heavy (non-hydrogen) atoms. The molecule has 0 bridgehead atoms. The standard InChI is InChI=1S/C22H26N4O5S2/c1-25(15-20-23-22(24-31-20)19-6-5-13-32-19)21(27)10-7-16-14-17(8-9-18(16)30-2)33(28,29)26-11-3-4-12-26/h5-6,8-9,13-14H,3-4,7,10-12,15H2,1-2H3. The number of benzene rings is 1. The van der Waals surface area contributed by atoms with Crippen molar-refractivity contribution in [3.63, 3.8) is 0 Å². The van der Waals surface area contributed by atoms with Gasteiger partial charge >= 0.3 is 0 Å². The maximum Gasteiger partial charge on any atom is 0.246 e. The Morgan fingerprint density at radius 3 is 2.76 bits per heavy atom. The Morgan fingerprint density at radius 2 is 2.06 bits per heavy atom. The van der Waals surface area contributed by atoms with Gasteiger partial charge in [0.1, 0.15) is 5.75 Å². The molecular formula is C22H26N4O5S2. The second kappa shape index (κ2) is 10.0. The van der Waals surface area contributed by atoms with Crippen molar-refractivity contribution < 1.29 is 22.5 Å². The highest BCUT2D eigenvalue weighted by Crippen LogP contribution is 2.27. The summed E-state index contributed by atoms with van der Waals surface area (Å²) in [6.07, 6.45) is 2.28. The summed E-state index contributed by atoms with van der Waals surface area (Å²) >= 11 is 1.51. The molecular weight excluding hydrogens is 464 g/mol. The van der Waals surface area contributed by atoms with Crippen LogP contribution in [0.5, 0.6) is 5.75 Å². The average Bonchev–Trinajstić information content (AvgIpc) is 3.59. The lowest BCUT2D eigenvalue weighted by molar-refractivity contribution is -0.130. The summed E-state index contributed by atoms with van der Waals surface area (Å²) in [7, 11) is -0.343. The van der Waals surface area contributed by atoms with E-state index in [0.29, 0.717) is 42.5 Å². The third kappa shape index (κ3) is 5.26. The largest absolute Gasteiger partial charge is 0.496 e. The summed E-state index contributed by atoms with van der Waals surface area (Å²) in [4.78, 5) is 19.7. The molecule has 1 aliphatic heterocycles. The number of hydrogen-bond acceptors (Lipinski definition) is 8. The van der Waals surface area contributed by atoms with Crippen molar-refractivity contribution in [1.82, 2.24) is 19.3 Å². The van der Waals surface area contributed by atoms with E-state index < -0.39 is 10.0 Å². The van der Waals surface area contributed by atoms with Crippen molar-refractivity contribution in [2.75, 3.05) is 27.2 Å². The van der Waals surface area contributed by atoms with Gasteiger partial charge in [0, 0.05) is 26.6 Å². The van der Waals surface area contributed by atoms with Gasteiger partial charge in [0.2, 0.25) is 27.6 Å². The zero-order valence-electron chi connectivity index (χ0n) is 18.6. The zero-order chi connectivity index (χ0) is 23.4. The van der Waals surface area contributed by atoms with E-state index in [9.17, 15) is 13.2 Å². The number of rotatable bonds is 9. The van der Waals surface area contributed by atoms with Gasteiger partial charge in [-0.3, -0.25) is 4.79 Å². The summed E-state index contributed by atoms with van der Waals surface area (Å²) in [5.41, 5.74) is 0.678. The second-order valence-corrected chi connectivity index (χ2v) is 10.7. The van der Waals surface area contributed by atoms with Gasteiger partial charge in [-0.25, -0.2) is 8.42 Å². The molecule has 0 unspecified atom stereocenters. The van der Waals surface area contributed by atoms with Crippen LogP contribution in [0.2, 0.25) is 0 Å². The zero-order valence-corrected chi connectivity index (χ0v) is 20.2. The van der Waals surface area contributed by atoms with Crippen LogP contribution in [0.4, 0.5) is 0 Å². The van der Waals surface area contributed by atoms with Gasteiger partial charge in [-0.1, -0.05) is 11.2 Å². The molecule has 11 heteroatoms. The normalized spacial score (nSPS) is 14.5. The highest BCUT2D eigenvalue weighted by atomic mass is 32.2. The molecule has 9 nitrogen and oxygen atoms in total. The monoisotopic (exact) mass is 490 g/mol. The fraction of sp³-hybridized carbons (Fsp3) is 0.409. The van der Waals surface area contributed by atoms with Crippen molar-refractivity contribution in [3.8, 4) is 16.5 Å². The number of aryl methyl sites for hydroxylation is 1. The van der Waals surface area contributed by atoms with Crippen LogP contribution in [-0.2, 0) is 27.8 Å². The third-order valence-corrected chi connectivity index (χ3v) is 8.33. The van der Waals surface area contributed by atoms with Crippen LogP contribution in [0.1, 0.15) is 30.7 Å². The first kappa shape index (κ1) is 23.4. The van der Waals surface area contributed by atoms with Gasteiger partial charge < -0.3 is 14.2 Å². The first-order chi connectivity index (χ1) is 15.9. The Kier molecular flexibility index (Phi) is 7.11. The van der Waals surface area contributed by atoms with Crippen molar-refractivity contribution >= 4 is 27.3 Å². The van der Waals surface area contributed by atoms with E-state index in [1.807, 2.05) is 17.5 Å². The number of carbonyl (C=O) groups excluding carboxylic acids is 1. The molecule has 4 rings (SSSR count). The molecule has 3 heterocycles. The van der Waals surface area contributed by atoms with Crippen LogP contribution >= 0.6 is 11.3 Å². The predicted molar refractivity (Wildman–Crippen MR) is 123 cm³/mol. The maximum absolute atomic E-state index is 12.9. The Labute approximate surface area is 197 Å². The Balaban J connectivity index is 1.40. The van der Waals surface area contributed by atoms with Crippen molar-refractivity contribution in [3.05, 3.63) is 47.2 Å². The number of amides is 1. The minimum absolute atomic E-state index is 0.124. The number of carbonyl (C=O) groups is 1. The highest BCUT2D eigenvalue weighted by molar-refractivity contribution is 7.89. The number of nitrogens with zero attached hydrogens (tertiary/aromatic N) is 4. The molecule has 176 valence electrons. The van der Waals surface area contributed by atoms with Gasteiger partial charge in [0.05, 0.1) is 23.4 Å².